The van der Waals surface area contributed by atoms with Gasteiger partial charge < -0.3 is 16.6 Å². The van der Waals surface area contributed by atoms with Crippen LogP contribution in [0, 0.1) is 0 Å². The number of urea groups is 1. The van der Waals surface area contributed by atoms with E-state index in [1.54, 1.807) is 0 Å². The van der Waals surface area contributed by atoms with Gasteiger partial charge in [0.1, 0.15) is 4.90 Å². The van der Waals surface area contributed by atoms with Gasteiger partial charge in [0.25, 0.3) is 10.0 Å². The van der Waals surface area contributed by atoms with E-state index in [1.165, 1.54) is 10.8 Å². The molecular weight excluding hydrogens is 250 g/mol. The maximum Gasteiger partial charge on any atom is 0.337 e. The average Bonchev–Trinajstić information content (AvgIpc) is 2.14. The number of hydrogen-bond acceptors (Lipinski definition) is 5. The molecule has 92 valence electrons. The van der Waals surface area contributed by atoms with Gasteiger partial charge in [-0.2, -0.15) is 0 Å². The number of carbonyl (C=O) groups is 2. The fourth-order valence-electron chi connectivity index (χ4n) is 1.14. The summed E-state index contributed by atoms with van der Waals surface area (Å²) in [4.78, 5) is 20.8. The Labute approximate surface area is 96.3 Å². The molecular formula is C8H9N3O5S. The number of nitrogens with two attached hydrogens (primary N) is 2. The number of nitrogens with one attached hydrogen (secondary N) is 1. The molecule has 0 bridgehead atoms. The zero-order chi connectivity index (χ0) is 13.2. The highest BCUT2D eigenvalue weighted by molar-refractivity contribution is 7.90. The summed E-state index contributed by atoms with van der Waals surface area (Å²) in [6.45, 7) is 0. The summed E-state index contributed by atoms with van der Waals surface area (Å²) in [5.41, 5.74) is 9.55. The minimum absolute atomic E-state index is 0.0837. The van der Waals surface area contributed by atoms with Crippen LogP contribution < -0.4 is 16.2 Å². The highest BCUT2D eigenvalue weighted by atomic mass is 32.2. The smallest absolute Gasteiger partial charge is 0.337 e. The Morgan fingerprint density at radius 2 is 1.88 bits per heavy atom. The predicted molar refractivity (Wildman–Crippen MR) is 57.7 cm³/mol. The van der Waals surface area contributed by atoms with E-state index in [9.17, 15) is 18.0 Å². The number of carboxylic acid groups (broad SMARTS) is 1. The molecule has 0 aliphatic rings. The van der Waals surface area contributed by atoms with Crippen molar-refractivity contribution in [2.24, 2.45) is 5.73 Å². The van der Waals surface area contributed by atoms with Crippen LogP contribution in [0.5, 0.6) is 0 Å². The number of carboxylic acids is 1. The van der Waals surface area contributed by atoms with E-state index < -0.39 is 32.5 Å². The molecule has 8 nitrogen and oxygen atoms in total. The highest BCUT2D eigenvalue weighted by Crippen LogP contribution is 2.18. The Kier molecular flexibility index (Phi) is 3.23. The first-order valence-electron chi connectivity index (χ1n) is 4.19. The average molecular weight is 259 g/mol. The molecule has 0 heterocycles. The normalized spacial score (nSPS) is 10.8. The maximum absolute atomic E-state index is 11.6. The molecule has 1 aromatic carbocycles. The molecule has 0 saturated heterocycles. The summed E-state index contributed by atoms with van der Waals surface area (Å²) in [5, 5.41) is 8.82. The fourth-order valence-corrected chi connectivity index (χ4v) is 2.19. The number of nitrogen functional groups attached to an aromatic ring is 1. The summed E-state index contributed by atoms with van der Waals surface area (Å²) in [7, 11) is -4.31. The van der Waals surface area contributed by atoms with Crippen molar-refractivity contribution in [3.63, 3.8) is 0 Å². The lowest BCUT2D eigenvalue weighted by Crippen LogP contribution is -2.35. The molecule has 0 spiro atoms. The van der Waals surface area contributed by atoms with Crippen molar-refractivity contribution in [3.05, 3.63) is 23.8 Å². The van der Waals surface area contributed by atoms with E-state index in [-0.39, 0.29) is 5.69 Å². The van der Waals surface area contributed by atoms with Crippen molar-refractivity contribution in [1.29, 1.82) is 0 Å². The van der Waals surface area contributed by atoms with Crippen LogP contribution in [-0.4, -0.2) is 25.5 Å². The van der Waals surface area contributed by atoms with Crippen molar-refractivity contribution >= 4 is 27.7 Å². The van der Waals surface area contributed by atoms with Gasteiger partial charge in [-0.25, -0.2) is 22.7 Å². The van der Waals surface area contributed by atoms with Crippen molar-refractivity contribution < 1.29 is 23.1 Å². The van der Waals surface area contributed by atoms with Gasteiger partial charge in [0.15, 0.2) is 0 Å². The second-order valence-electron chi connectivity index (χ2n) is 3.03. The van der Waals surface area contributed by atoms with E-state index in [0.717, 1.165) is 12.1 Å². The molecule has 2 amide bonds. The number of benzene rings is 1. The van der Waals surface area contributed by atoms with E-state index in [1.807, 2.05) is 0 Å². The zero-order valence-corrected chi connectivity index (χ0v) is 9.19. The molecule has 9 heteroatoms. The molecule has 0 unspecified atom stereocenters. The number of amides is 2. The van der Waals surface area contributed by atoms with E-state index in [4.69, 9.17) is 10.8 Å². The van der Waals surface area contributed by atoms with Gasteiger partial charge in [-0.1, -0.05) is 0 Å². The SMILES string of the molecule is NC(=O)NS(=O)(=O)c1ccc(N)cc1C(=O)O. The molecule has 0 radical (unpaired) electrons. The quantitative estimate of drug-likeness (QED) is 0.528. The fraction of sp³-hybridized carbons (Fsp3) is 0. The van der Waals surface area contributed by atoms with Gasteiger partial charge in [0, 0.05) is 5.69 Å². The summed E-state index contributed by atoms with van der Waals surface area (Å²) >= 11 is 0. The number of hydrogen-bond donors (Lipinski definition) is 4. The van der Waals surface area contributed by atoms with Crippen molar-refractivity contribution in [1.82, 2.24) is 4.72 Å². The lowest BCUT2D eigenvalue weighted by Gasteiger charge is -2.08. The van der Waals surface area contributed by atoms with Crippen LogP contribution in [0.25, 0.3) is 0 Å². The van der Waals surface area contributed by atoms with Crippen LogP contribution in [-0.2, 0) is 10.0 Å². The van der Waals surface area contributed by atoms with Crippen LogP contribution in [0.15, 0.2) is 23.1 Å². The summed E-state index contributed by atoms with van der Waals surface area (Å²) in [6, 6.07) is 1.84. The second-order valence-corrected chi connectivity index (χ2v) is 4.68. The first-order chi connectivity index (χ1) is 7.74. The molecule has 17 heavy (non-hydrogen) atoms. The van der Waals surface area contributed by atoms with Crippen molar-refractivity contribution in [2.75, 3.05) is 5.73 Å². The van der Waals surface area contributed by atoms with Gasteiger partial charge in [-0.3, -0.25) is 0 Å². The van der Waals surface area contributed by atoms with Gasteiger partial charge >= 0.3 is 12.0 Å². The Balaban J connectivity index is 3.41. The Morgan fingerprint density at radius 1 is 1.29 bits per heavy atom. The first-order valence-corrected chi connectivity index (χ1v) is 5.67. The molecule has 0 saturated carbocycles. The second kappa shape index (κ2) is 4.29. The zero-order valence-electron chi connectivity index (χ0n) is 8.38. The maximum atomic E-state index is 11.6. The molecule has 0 aliphatic heterocycles. The molecule has 1 rings (SSSR count). The Morgan fingerprint density at radius 3 is 2.35 bits per heavy atom. The van der Waals surface area contributed by atoms with E-state index in [2.05, 4.69) is 5.73 Å². The summed E-state index contributed by atoms with van der Waals surface area (Å²) in [6.07, 6.45) is 0. The number of carbonyl (C=O) groups excluding carboxylic acids is 1. The van der Waals surface area contributed by atoms with Crippen LogP contribution >= 0.6 is 0 Å². The molecule has 0 fully saturated rings. The third-order valence-corrected chi connectivity index (χ3v) is 3.16. The standard InChI is InChI=1S/C8H9N3O5S/c9-4-1-2-6(5(3-4)7(12)13)17(15,16)11-8(10)14/h1-3H,9H2,(H,12,13)(H3,10,11,14). The van der Waals surface area contributed by atoms with Crippen LogP contribution in [0.4, 0.5) is 10.5 Å². The third-order valence-electron chi connectivity index (χ3n) is 1.76. The van der Waals surface area contributed by atoms with Gasteiger partial charge in [0.2, 0.25) is 0 Å². The van der Waals surface area contributed by atoms with E-state index in [0.29, 0.717) is 0 Å². The number of rotatable bonds is 3. The van der Waals surface area contributed by atoms with Crippen LogP contribution in [0.1, 0.15) is 10.4 Å². The highest BCUT2D eigenvalue weighted by Gasteiger charge is 2.23. The molecule has 0 atom stereocenters. The molecule has 0 aliphatic carbocycles. The van der Waals surface area contributed by atoms with Gasteiger partial charge in [-0.15, -0.1) is 0 Å². The monoisotopic (exact) mass is 259 g/mol. The molecule has 0 aromatic heterocycles. The van der Waals surface area contributed by atoms with Crippen molar-refractivity contribution in [2.45, 2.75) is 4.90 Å². The Bertz CT molecular complexity index is 581. The van der Waals surface area contributed by atoms with Crippen LogP contribution in [0.2, 0.25) is 0 Å². The minimum Gasteiger partial charge on any atom is -0.478 e. The lowest BCUT2D eigenvalue weighted by molar-refractivity contribution is 0.0692. The number of sulfonamides is 1. The summed E-state index contributed by atoms with van der Waals surface area (Å²) in [5.74, 6) is -1.48. The topological polar surface area (TPSA) is 153 Å². The number of aromatic carboxylic acids is 1. The summed E-state index contributed by atoms with van der Waals surface area (Å²) < 4.78 is 24.6. The van der Waals surface area contributed by atoms with Crippen LogP contribution in [0.3, 0.4) is 0 Å². The molecule has 1 aromatic rings. The minimum atomic E-state index is -4.31. The molecule has 6 N–H and O–H groups in total. The van der Waals surface area contributed by atoms with E-state index >= 15 is 0 Å². The largest absolute Gasteiger partial charge is 0.478 e. The first kappa shape index (κ1) is 12.8. The Hall–Kier alpha value is -2.29. The third kappa shape index (κ3) is 2.84. The van der Waals surface area contributed by atoms with Gasteiger partial charge in [-0.05, 0) is 18.2 Å². The predicted octanol–water partition coefficient (Wildman–Crippen LogP) is -0.676. The number of primary amides is 1. The lowest BCUT2D eigenvalue weighted by atomic mass is 10.2. The number of anilines is 1. The van der Waals surface area contributed by atoms with Crippen molar-refractivity contribution in [3.8, 4) is 0 Å². The van der Waals surface area contributed by atoms with Gasteiger partial charge in [0.05, 0.1) is 5.56 Å².